The third kappa shape index (κ3) is 5.03. The molecule has 3 rings (SSSR count). The van der Waals surface area contributed by atoms with Crippen LogP contribution in [0.25, 0.3) is 0 Å². The van der Waals surface area contributed by atoms with Gasteiger partial charge in [-0.3, -0.25) is 9.78 Å². The molecule has 0 bridgehead atoms. The first-order valence-corrected chi connectivity index (χ1v) is 10.3. The van der Waals surface area contributed by atoms with E-state index in [-0.39, 0.29) is 17.3 Å². The highest BCUT2D eigenvalue weighted by atomic mass is 32.2. The molecule has 0 radical (unpaired) electrons. The molecule has 2 aromatic carbocycles. The number of aryl methyl sites for hydroxylation is 1. The Bertz CT molecular complexity index is 1050. The highest BCUT2D eigenvalue weighted by Crippen LogP contribution is 2.13. The van der Waals surface area contributed by atoms with Crippen molar-refractivity contribution in [3.8, 4) is 0 Å². The van der Waals surface area contributed by atoms with Gasteiger partial charge in [-0.25, -0.2) is 13.1 Å². The van der Waals surface area contributed by atoms with Gasteiger partial charge in [0, 0.05) is 18.3 Å². The monoisotopic (exact) mass is 395 g/mol. The molecule has 144 valence electrons. The van der Waals surface area contributed by atoms with Gasteiger partial charge in [0.1, 0.15) is 0 Å². The van der Waals surface area contributed by atoms with E-state index in [0.29, 0.717) is 12.1 Å². The van der Waals surface area contributed by atoms with Crippen molar-refractivity contribution in [1.29, 1.82) is 0 Å². The van der Waals surface area contributed by atoms with E-state index >= 15 is 0 Å². The first-order valence-electron chi connectivity index (χ1n) is 8.78. The van der Waals surface area contributed by atoms with Crippen molar-refractivity contribution in [1.82, 2.24) is 15.0 Å². The molecule has 28 heavy (non-hydrogen) atoms. The molecule has 3 aromatic rings. The van der Waals surface area contributed by atoms with Crippen LogP contribution in [0, 0.1) is 6.92 Å². The minimum atomic E-state index is -3.66. The smallest absolute Gasteiger partial charge is 0.251 e. The molecule has 2 N–H and O–H groups in total. The molecule has 1 amide bonds. The summed E-state index contributed by atoms with van der Waals surface area (Å²) < 4.78 is 27.6. The summed E-state index contributed by atoms with van der Waals surface area (Å²) in [6.45, 7) is 2.45. The predicted octanol–water partition coefficient (Wildman–Crippen LogP) is 2.80. The molecule has 1 aromatic heterocycles. The number of carbonyl (C=O) groups is 1. The van der Waals surface area contributed by atoms with E-state index < -0.39 is 10.0 Å². The molecule has 7 heteroatoms. The fraction of sp³-hybridized carbons (Fsp3) is 0.143. The fourth-order valence-corrected chi connectivity index (χ4v) is 3.63. The highest BCUT2D eigenvalue weighted by Gasteiger charge is 2.15. The van der Waals surface area contributed by atoms with Crippen molar-refractivity contribution < 1.29 is 13.2 Å². The van der Waals surface area contributed by atoms with Crippen molar-refractivity contribution in [2.45, 2.75) is 24.9 Å². The lowest BCUT2D eigenvalue weighted by atomic mass is 10.1. The number of aromatic nitrogens is 1. The van der Waals surface area contributed by atoms with Crippen LogP contribution in [0.2, 0.25) is 0 Å². The molecule has 0 spiro atoms. The summed E-state index contributed by atoms with van der Waals surface area (Å²) >= 11 is 0. The molecular formula is C21H21N3O3S. The van der Waals surface area contributed by atoms with Gasteiger partial charge in [-0.05, 0) is 54.4 Å². The SMILES string of the molecule is Cc1ccccc1CNS(=O)(=O)c1ccc(C(=O)NCc2ccccn2)cc1. The lowest BCUT2D eigenvalue weighted by molar-refractivity contribution is 0.0950. The van der Waals surface area contributed by atoms with Crippen LogP contribution >= 0.6 is 0 Å². The summed E-state index contributed by atoms with van der Waals surface area (Å²) in [6, 6.07) is 18.9. The third-order valence-corrected chi connectivity index (χ3v) is 5.71. The van der Waals surface area contributed by atoms with E-state index in [4.69, 9.17) is 0 Å². The third-order valence-electron chi connectivity index (χ3n) is 4.30. The Balaban J connectivity index is 1.62. The average molecular weight is 395 g/mol. The van der Waals surface area contributed by atoms with Gasteiger partial charge < -0.3 is 5.32 Å². The zero-order chi connectivity index (χ0) is 20.0. The largest absolute Gasteiger partial charge is 0.346 e. The number of sulfonamides is 1. The number of hydrogen-bond donors (Lipinski definition) is 2. The molecule has 0 atom stereocenters. The van der Waals surface area contributed by atoms with Crippen LogP contribution < -0.4 is 10.0 Å². The zero-order valence-electron chi connectivity index (χ0n) is 15.4. The second-order valence-electron chi connectivity index (χ2n) is 6.28. The Morgan fingerprint density at radius 3 is 2.32 bits per heavy atom. The quantitative estimate of drug-likeness (QED) is 0.644. The van der Waals surface area contributed by atoms with Crippen LogP contribution in [0.5, 0.6) is 0 Å². The maximum Gasteiger partial charge on any atom is 0.251 e. The lowest BCUT2D eigenvalue weighted by Gasteiger charge is -2.10. The van der Waals surface area contributed by atoms with Crippen LogP contribution in [0.3, 0.4) is 0 Å². The lowest BCUT2D eigenvalue weighted by Crippen LogP contribution is -2.25. The first-order chi connectivity index (χ1) is 13.5. The Hall–Kier alpha value is -3.03. The molecule has 0 saturated heterocycles. The summed E-state index contributed by atoms with van der Waals surface area (Å²) in [4.78, 5) is 16.5. The van der Waals surface area contributed by atoms with Crippen LogP contribution in [-0.2, 0) is 23.1 Å². The van der Waals surface area contributed by atoms with E-state index in [1.165, 1.54) is 24.3 Å². The van der Waals surface area contributed by atoms with Gasteiger partial charge in [-0.15, -0.1) is 0 Å². The van der Waals surface area contributed by atoms with Crippen molar-refractivity contribution in [3.63, 3.8) is 0 Å². The van der Waals surface area contributed by atoms with Crippen molar-refractivity contribution in [2.75, 3.05) is 0 Å². The van der Waals surface area contributed by atoms with Gasteiger partial charge in [0.25, 0.3) is 5.91 Å². The van der Waals surface area contributed by atoms with Gasteiger partial charge in [0.2, 0.25) is 10.0 Å². The second kappa shape index (κ2) is 8.77. The number of nitrogens with zero attached hydrogens (tertiary/aromatic N) is 1. The highest BCUT2D eigenvalue weighted by molar-refractivity contribution is 7.89. The Labute approximate surface area is 164 Å². The zero-order valence-corrected chi connectivity index (χ0v) is 16.2. The molecule has 6 nitrogen and oxygen atoms in total. The Kier molecular flexibility index (Phi) is 6.18. The molecule has 0 fully saturated rings. The normalized spacial score (nSPS) is 11.2. The molecule has 1 heterocycles. The van der Waals surface area contributed by atoms with E-state index in [1.54, 1.807) is 12.3 Å². The summed E-state index contributed by atoms with van der Waals surface area (Å²) in [5, 5.41) is 2.76. The molecule has 0 aliphatic rings. The molecule has 0 saturated carbocycles. The van der Waals surface area contributed by atoms with Gasteiger partial charge in [-0.2, -0.15) is 0 Å². The fourth-order valence-electron chi connectivity index (χ4n) is 2.63. The summed E-state index contributed by atoms with van der Waals surface area (Å²) in [7, 11) is -3.66. The molecule has 0 aliphatic heterocycles. The Morgan fingerprint density at radius 2 is 1.64 bits per heavy atom. The van der Waals surface area contributed by atoms with Crippen LogP contribution in [0.15, 0.2) is 77.8 Å². The van der Waals surface area contributed by atoms with Crippen molar-refractivity contribution in [2.24, 2.45) is 0 Å². The van der Waals surface area contributed by atoms with Gasteiger partial charge in [-0.1, -0.05) is 30.3 Å². The standard InChI is InChI=1S/C21H21N3O3S/c1-16-6-2-3-7-18(16)14-24-28(26,27)20-11-9-17(10-12-20)21(25)23-15-19-8-4-5-13-22-19/h2-13,24H,14-15H2,1H3,(H,23,25). The van der Waals surface area contributed by atoms with Gasteiger partial charge >= 0.3 is 0 Å². The summed E-state index contributed by atoms with van der Waals surface area (Å²) in [6.07, 6.45) is 1.66. The minimum Gasteiger partial charge on any atom is -0.346 e. The summed E-state index contributed by atoms with van der Waals surface area (Å²) in [5.74, 6) is -0.289. The number of pyridine rings is 1. The predicted molar refractivity (Wildman–Crippen MR) is 107 cm³/mol. The number of benzene rings is 2. The van der Waals surface area contributed by atoms with E-state index in [0.717, 1.165) is 16.8 Å². The number of carbonyl (C=O) groups excluding carboxylic acids is 1. The maximum atomic E-state index is 12.5. The van der Waals surface area contributed by atoms with Crippen LogP contribution in [0.4, 0.5) is 0 Å². The average Bonchev–Trinajstić information content (AvgIpc) is 2.72. The molecule has 0 unspecified atom stereocenters. The number of hydrogen-bond acceptors (Lipinski definition) is 4. The summed E-state index contributed by atoms with van der Waals surface area (Å²) in [5.41, 5.74) is 3.06. The van der Waals surface area contributed by atoms with Gasteiger partial charge in [0.15, 0.2) is 0 Å². The molecule has 0 aliphatic carbocycles. The van der Waals surface area contributed by atoms with E-state index in [2.05, 4.69) is 15.0 Å². The van der Waals surface area contributed by atoms with Crippen LogP contribution in [0.1, 0.15) is 27.2 Å². The number of nitrogens with one attached hydrogen (secondary N) is 2. The van der Waals surface area contributed by atoms with Crippen molar-refractivity contribution >= 4 is 15.9 Å². The topological polar surface area (TPSA) is 88.2 Å². The van der Waals surface area contributed by atoms with Crippen molar-refractivity contribution in [3.05, 3.63) is 95.3 Å². The van der Waals surface area contributed by atoms with E-state index in [1.807, 2.05) is 43.3 Å². The maximum absolute atomic E-state index is 12.5. The number of rotatable bonds is 7. The minimum absolute atomic E-state index is 0.113. The number of amides is 1. The van der Waals surface area contributed by atoms with Gasteiger partial charge in [0.05, 0.1) is 17.1 Å². The Morgan fingerprint density at radius 1 is 0.929 bits per heavy atom. The first kappa shape index (κ1) is 19.7. The van der Waals surface area contributed by atoms with Crippen LogP contribution in [-0.4, -0.2) is 19.3 Å². The molecular weight excluding hydrogens is 374 g/mol. The van der Waals surface area contributed by atoms with E-state index in [9.17, 15) is 13.2 Å². The second-order valence-corrected chi connectivity index (χ2v) is 8.05.